The molecule has 0 bridgehead atoms. The zero-order valence-corrected chi connectivity index (χ0v) is 13.3. The van der Waals surface area contributed by atoms with E-state index in [9.17, 15) is 4.79 Å². The van der Waals surface area contributed by atoms with Crippen LogP contribution in [0.25, 0.3) is 0 Å². The molecule has 0 spiro atoms. The fourth-order valence-electron chi connectivity index (χ4n) is 1.59. The largest absolute Gasteiger partial charge is 0.341 e. The maximum absolute atomic E-state index is 12.1. The van der Waals surface area contributed by atoms with Crippen molar-refractivity contribution < 1.29 is 4.79 Å². The van der Waals surface area contributed by atoms with E-state index in [0.717, 1.165) is 4.47 Å². The lowest BCUT2D eigenvalue weighted by Gasteiger charge is -2.29. The molecule has 0 aromatic heterocycles. The number of carbonyl (C=O) groups is 1. The summed E-state index contributed by atoms with van der Waals surface area (Å²) < 4.78 is 0.971. The molecular weight excluding hydrogens is 316 g/mol. The second kappa shape index (κ2) is 7.12. The third kappa shape index (κ3) is 4.96. The van der Waals surface area contributed by atoms with E-state index in [0.29, 0.717) is 18.7 Å². The Morgan fingerprint density at radius 3 is 2.28 bits per heavy atom. The molecule has 3 nitrogen and oxygen atoms in total. The highest BCUT2D eigenvalue weighted by Crippen LogP contribution is 2.17. The lowest BCUT2D eigenvalue weighted by Crippen LogP contribution is -2.39. The molecule has 0 atom stereocenters. The summed E-state index contributed by atoms with van der Waals surface area (Å²) in [6.45, 7) is 5.32. The van der Waals surface area contributed by atoms with Crippen LogP contribution in [0.1, 0.15) is 24.2 Å². The van der Waals surface area contributed by atoms with Crippen LogP contribution in [-0.4, -0.2) is 30.9 Å². The van der Waals surface area contributed by atoms with Gasteiger partial charge in [0.05, 0.1) is 0 Å². The summed E-state index contributed by atoms with van der Waals surface area (Å²) in [5.41, 5.74) is 6.31. The van der Waals surface area contributed by atoms with Gasteiger partial charge in [0.2, 0.25) is 0 Å². The van der Waals surface area contributed by atoms with E-state index < -0.39 is 0 Å². The maximum Gasteiger partial charge on any atom is 0.253 e. The normalized spacial score (nSPS) is 10.7. The zero-order chi connectivity index (χ0) is 13.1. The molecule has 0 radical (unpaired) electrons. The summed E-state index contributed by atoms with van der Waals surface area (Å²) in [5.74, 6) is 0.0269. The summed E-state index contributed by atoms with van der Waals surface area (Å²) in [6.07, 6.45) is 0. The number of carbonyl (C=O) groups excluding carboxylic acids is 1. The highest BCUT2D eigenvalue weighted by molar-refractivity contribution is 9.10. The van der Waals surface area contributed by atoms with E-state index in [4.69, 9.17) is 5.73 Å². The molecule has 1 aromatic rings. The summed E-state index contributed by atoms with van der Waals surface area (Å²) in [7, 11) is 1.81. The van der Waals surface area contributed by atoms with Crippen molar-refractivity contribution in [1.29, 1.82) is 0 Å². The van der Waals surface area contributed by atoms with Crippen LogP contribution in [-0.2, 0) is 0 Å². The van der Waals surface area contributed by atoms with E-state index in [-0.39, 0.29) is 23.7 Å². The quantitative estimate of drug-likeness (QED) is 0.919. The Balaban J connectivity index is 0.00000289. The predicted octanol–water partition coefficient (Wildman–Crippen LogP) is 2.93. The van der Waals surface area contributed by atoms with Crippen LogP contribution in [0.15, 0.2) is 28.7 Å². The Kier molecular flexibility index (Phi) is 6.89. The van der Waals surface area contributed by atoms with Gasteiger partial charge in [-0.05, 0) is 36.2 Å². The molecule has 1 aromatic carbocycles. The van der Waals surface area contributed by atoms with E-state index >= 15 is 0 Å². The molecule has 0 saturated heterocycles. The maximum atomic E-state index is 12.1. The minimum Gasteiger partial charge on any atom is -0.341 e. The van der Waals surface area contributed by atoms with Crippen molar-refractivity contribution in [3.8, 4) is 0 Å². The van der Waals surface area contributed by atoms with Crippen LogP contribution in [0.5, 0.6) is 0 Å². The second-order valence-electron chi connectivity index (χ2n) is 5.04. The van der Waals surface area contributed by atoms with E-state index in [1.807, 2.05) is 31.3 Å². The number of amides is 1. The number of benzene rings is 1. The van der Waals surface area contributed by atoms with Gasteiger partial charge in [-0.2, -0.15) is 0 Å². The Morgan fingerprint density at radius 1 is 1.33 bits per heavy atom. The Bertz CT molecular complexity index is 392. The van der Waals surface area contributed by atoms with Crippen LogP contribution in [0.2, 0.25) is 0 Å². The molecule has 0 saturated carbocycles. The third-order valence-corrected chi connectivity index (χ3v) is 3.18. The van der Waals surface area contributed by atoms with Crippen LogP contribution < -0.4 is 5.73 Å². The fraction of sp³-hybridized carbons (Fsp3) is 0.462. The van der Waals surface area contributed by atoms with Crippen LogP contribution in [0.3, 0.4) is 0 Å². The zero-order valence-electron chi connectivity index (χ0n) is 10.9. The van der Waals surface area contributed by atoms with Crippen molar-refractivity contribution in [2.75, 3.05) is 20.1 Å². The lowest BCUT2D eigenvalue weighted by atomic mass is 9.93. The van der Waals surface area contributed by atoms with Crippen molar-refractivity contribution in [3.63, 3.8) is 0 Å². The van der Waals surface area contributed by atoms with Gasteiger partial charge in [-0.25, -0.2) is 0 Å². The average molecular weight is 336 g/mol. The van der Waals surface area contributed by atoms with Crippen molar-refractivity contribution in [3.05, 3.63) is 34.3 Å². The molecule has 102 valence electrons. The van der Waals surface area contributed by atoms with Gasteiger partial charge in [-0.15, -0.1) is 12.4 Å². The van der Waals surface area contributed by atoms with Crippen LogP contribution in [0, 0.1) is 5.41 Å². The van der Waals surface area contributed by atoms with Crippen molar-refractivity contribution in [1.82, 2.24) is 4.90 Å². The van der Waals surface area contributed by atoms with Crippen molar-refractivity contribution >= 4 is 34.2 Å². The first kappa shape index (κ1) is 17.4. The van der Waals surface area contributed by atoms with E-state index in [2.05, 4.69) is 29.8 Å². The highest BCUT2D eigenvalue weighted by atomic mass is 79.9. The highest BCUT2D eigenvalue weighted by Gasteiger charge is 2.21. The number of hydrogen-bond acceptors (Lipinski definition) is 2. The predicted molar refractivity (Wildman–Crippen MR) is 81.2 cm³/mol. The molecule has 0 heterocycles. The molecule has 0 fully saturated rings. The molecule has 5 heteroatoms. The van der Waals surface area contributed by atoms with Gasteiger partial charge in [0.15, 0.2) is 0 Å². The minimum absolute atomic E-state index is 0. The summed E-state index contributed by atoms with van der Waals surface area (Å²) >= 11 is 3.35. The van der Waals surface area contributed by atoms with Gasteiger partial charge in [-0.1, -0.05) is 29.8 Å². The van der Waals surface area contributed by atoms with Gasteiger partial charge >= 0.3 is 0 Å². The third-order valence-electron chi connectivity index (χ3n) is 2.66. The summed E-state index contributed by atoms with van der Waals surface area (Å²) in [6, 6.07) is 7.38. The molecule has 0 aliphatic heterocycles. The number of nitrogens with two attached hydrogens (primary N) is 1. The molecule has 2 N–H and O–H groups in total. The lowest BCUT2D eigenvalue weighted by molar-refractivity contribution is 0.0740. The summed E-state index contributed by atoms with van der Waals surface area (Å²) in [5, 5.41) is 0. The van der Waals surface area contributed by atoms with Gasteiger partial charge in [-0.3, -0.25) is 4.79 Å². The monoisotopic (exact) mass is 334 g/mol. The van der Waals surface area contributed by atoms with Crippen molar-refractivity contribution in [2.45, 2.75) is 13.8 Å². The SMILES string of the molecule is CN(CC(C)(C)CN)C(=O)c1ccc(Br)cc1.Cl. The number of hydrogen-bond donors (Lipinski definition) is 1. The molecule has 0 aliphatic rings. The van der Waals surface area contributed by atoms with Gasteiger partial charge < -0.3 is 10.6 Å². The Labute approximate surface area is 123 Å². The Hall–Kier alpha value is -0.580. The molecule has 1 amide bonds. The topological polar surface area (TPSA) is 46.3 Å². The first-order chi connectivity index (χ1) is 7.85. The van der Waals surface area contributed by atoms with Crippen LogP contribution >= 0.6 is 28.3 Å². The molecule has 18 heavy (non-hydrogen) atoms. The van der Waals surface area contributed by atoms with Crippen LogP contribution in [0.4, 0.5) is 0 Å². The first-order valence-electron chi connectivity index (χ1n) is 5.57. The Morgan fingerprint density at radius 2 is 1.83 bits per heavy atom. The minimum atomic E-state index is -0.0558. The number of halogens is 2. The smallest absolute Gasteiger partial charge is 0.253 e. The number of nitrogens with zero attached hydrogens (tertiary/aromatic N) is 1. The molecule has 0 aliphatic carbocycles. The summed E-state index contributed by atoms with van der Waals surface area (Å²) in [4.78, 5) is 13.8. The fourth-order valence-corrected chi connectivity index (χ4v) is 1.86. The first-order valence-corrected chi connectivity index (χ1v) is 6.36. The van der Waals surface area contributed by atoms with Gasteiger partial charge in [0.25, 0.3) is 5.91 Å². The van der Waals surface area contributed by atoms with Gasteiger partial charge in [0, 0.05) is 23.6 Å². The standard InChI is InChI=1S/C13H19BrN2O.ClH/c1-13(2,8-15)9-16(3)12(17)10-4-6-11(14)7-5-10;/h4-7H,8-9,15H2,1-3H3;1H. The van der Waals surface area contributed by atoms with Gasteiger partial charge in [0.1, 0.15) is 0 Å². The average Bonchev–Trinajstić information content (AvgIpc) is 2.28. The molecule has 0 unspecified atom stereocenters. The molecular formula is C13H20BrClN2O. The van der Waals surface area contributed by atoms with E-state index in [1.54, 1.807) is 4.90 Å². The second-order valence-corrected chi connectivity index (χ2v) is 5.95. The molecule has 1 rings (SSSR count). The van der Waals surface area contributed by atoms with E-state index in [1.165, 1.54) is 0 Å². The number of rotatable bonds is 4. The van der Waals surface area contributed by atoms with Crippen molar-refractivity contribution in [2.24, 2.45) is 11.1 Å².